The van der Waals surface area contributed by atoms with Gasteiger partial charge in [-0.25, -0.2) is 0 Å². The minimum atomic E-state index is -0.124. The number of aryl methyl sites for hydroxylation is 2. The number of amides is 1. The van der Waals surface area contributed by atoms with E-state index in [9.17, 15) is 4.79 Å². The van der Waals surface area contributed by atoms with Crippen LogP contribution in [0.4, 0.5) is 0 Å². The van der Waals surface area contributed by atoms with Gasteiger partial charge in [-0.2, -0.15) is 5.10 Å². The summed E-state index contributed by atoms with van der Waals surface area (Å²) in [5.74, 6) is -0.124. The Morgan fingerprint density at radius 3 is 2.78 bits per heavy atom. The van der Waals surface area contributed by atoms with Crippen LogP contribution in [-0.4, -0.2) is 22.6 Å². The van der Waals surface area contributed by atoms with Gasteiger partial charge in [-0.15, -0.1) is 0 Å². The Morgan fingerprint density at radius 1 is 1.33 bits per heavy atom. The lowest BCUT2D eigenvalue weighted by Gasteiger charge is -2.02. The van der Waals surface area contributed by atoms with Crippen molar-refractivity contribution in [1.29, 1.82) is 0 Å². The van der Waals surface area contributed by atoms with Gasteiger partial charge in [0.25, 0.3) is 5.91 Å². The summed E-state index contributed by atoms with van der Waals surface area (Å²) in [4.78, 5) is 11.6. The molecule has 0 fully saturated rings. The summed E-state index contributed by atoms with van der Waals surface area (Å²) in [6.07, 6.45) is 0. The van der Waals surface area contributed by atoms with Crippen LogP contribution in [-0.2, 0) is 0 Å². The number of aromatic amines is 1. The Bertz CT molecular complexity index is 572. The van der Waals surface area contributed by atoms with Crippen molar-refractivity contribution >= 4 is 5.91 Å². The smallest absolute Gasteiger partial charge is 0.269 e. The van der Waals surface area contributed by atoms with Crippen molar-refractivity contribution in [3.05, 3.63) is 41.1 Å². The van der Waals surface area contributed by atoms with Crippen molar-refractivity contribution in [3.8, 4) is 11.3 Å². The molecule has 1 amide bonds. The van der Waals surface area contributed by atoms with Gasteiger partial charge in [0.15, 0.2) is 0 Å². The second-order valence-corrected chi connectivity index (χ2v) is 4.34. The van der Waals surface area contributed by atoms with Crippen LogP contribution in [0.15, 0.2) is 24.3 Å². The first kappa shape index (κ1) is 12.4. The fraction of sp³-hybridized carbons (Fsp3) is 0.286. The molecule has 1 aromatic heterocycles. The van der Waals surface area contributed by atoms with E-state index in [4.69, 9.17) is 0 Å². The lowest BCUT2D eigenvalue weighted by Crippen LogP contribution is -2.22. The summed E-state index contributed by atoms with van der Waals surface area (Å²) in [5, 5.41) is 9.70. The summed E-state index contributed by atoms with van der Waals surface area (Å²) in [5.41, 5.74) is 4.72. The summed E-state index contributed by atoms with van der Waals surface area (Å²) in [6.45, 7) is 6.60. The minimum absolute atomic E-state index is 0.124. The van der Waals surface area contributed by atoms with Gasteiger partial charge in [0.2, 0.25) is 0 Å². The monoisotopic (exact) mass is 243 g/mol. The van der Waals surface area contributed by atoms with Crippen LogP contribution in [0.3, 0.4) is 0 Å². The van der Waals surface area contributed by atoms with Crippen molar-refractivity contribution in [2.75, 3.05) is 6.54 Å². The molecule has 0 aliphatic carbocycles. The Hall–Kier alpha value is -2.10. The average Bonchev–Trinajstić information content (AvgIpc) is 2.78. The molecule has 18 heavy (non-hydrogen) atoms. The highest BCUT2D eigenvalue weighted by molar-refractivity contribution is 5.93. The molecule has 0 saturated heterocycles. The zero-order chi connectivity index (χ0) is 13.1. The fourth-order valence-corrected chi connectivity index (χ4v) is 1.93. The molecule has 2 aromatic rings. The number of H-pyrrole nitrogens is 1. The summed E-state index contributed by atoms with van der Waals surface area (Å²) in [6, 6.07) is 7.96. The van der Waals surface area contributed by atoms with Crippen LogP contribution in [0.25, 0.3) is 11.3 Å². The van der Waals surface area contributed by atoms with E-state index < -0.39 is 0 Å². The van der Waals surface area contributed by atoms with E-state index >= 15 is 0 Å². The summed E-state index contributed by atoms with van der Waals surface area (Å²) >= 11 is 0. The number of hydrogen-bond acceptors (Lipinski definition) is 2. The Labute approximate surface area is 106 Å². The first-order valence-corrected chi connectivity index (χ1v) is 6.03. The second kappa shape index (κ2) is 5.04. The zero-order valence-electron chi connectivity index (χ0n) is 10.9. The summed E-state index contributed by atoms with van der Waals surface area (Å²) in [7, 11) is 0. The molecule has 0 unspecified atom stereocenters. The lowest BCUT2D eigenvalue weighted by atomic mass is 10.0. The highest BCUT2D eigenvalue weighted by atomic mass is 16.1. The average molecular weight is 243 g/mol. The molecule has 2 N–H and O–H groups in total. The third-order valence-electron chi connectivity index (χ3n) is 2.82. The number of carbonyl (C=O) groups is 1. The van der Waals surface area contributed by atoms with E-state index in [-0.39, 0.29) is 5.91 Å². The molecule has 0 bridgehead atoms. The molecule has 0 atom stereocenters. The minimum Gasteiger partial charge on any atom is -0.351 e. The number of benzene rings is 1. The van der Waals surface area contributed by atoms with Crippen LogP contribution in [0.1, 0.15) is 28.5 Å². The van der Waals surface area contributed by atoms with Crippen molar-refractivity contribution in [1.82, 2.24) is 15.5 Å². The first-order valence-electron chi connectivity index (χ1n) is 6.03. The molecule has 0 aliphatic heterocycles. The van der Waals surface area contributed by atoms with Crippen LogP contribution in [0, 0.1) is 13.8 Å². The fourth-order valence-electron chi connectivity index (χ4n) is 1.93. The van der Waals surface area contributed by atoms with Crippen LogP contribution >= 0.6 is 0 Å². The topological polar surface area (TPSA) is 57.8 Å². The molecule has 94 valence electrons. The van der Waals surface area contributed by atoms with E-state index in [1.165, 1.54) is 5.56 Å². The molecule has 0 spiro atoms. The van der Waals surface area contributed by atoms with Gasteiger partial charge in [-0.05, 0) is 32.4 Å². The Kier molecular flexibility index (Phi) is 3.46. The maximum atomic E-state index is 11.6. The van der Waals surface area contributed by atoms with E-state index in [0.717, 1.165) is 16.8 Å². The molecule has 1 heterocycles. The quantitative estimate of drug-likeness (QED) is 0.870. The predicted octanol–water partition coefficient (Wildman–Crippen LogP) is 2.44. The number of rotatable bonds is 3. The van der Waals surface area contributed by atoms with Crippen molar-refractivity contribution < 1.29 is 4.79 Å². The van der Waals surface area contributed by atoms with Gasteiger partial charge in [0.1, 0.15) is 5.69 Å². The van der Waals surface area contributed by atoms with Gasteiger partial charge >= 0.3 is 0 Å². The van der Waals surface area contributed by atoms with E-state index in [2.05, 4.69) is 28.5 Å². The first-order chi connectivity index (χ1) is 8.61. The molecule has 4 nitrogen and oxygen atoms in total. The molecule has 0 aliphatic rings. The molecule has 2 rings (SSSR count). The van der Waals surface area contributed by atoms with Crippen molar-refractivity contribution in [2.24, 2.45) is 0 Å². The molecule has 1 aromatic carbocycles. The lowest BCUT2D eigenvalue weighted by molar-refractivity contribution is 0.0951. The number of hydrogen-bond donors (Lipinski definition) is 2. The standard InChI is InChI=1S/C14H17N3O/c1-4-15-14(18)13-8-12(16-17-13)11-6-5-9(2)7-10(11)3/h5-8H,4H2,1-3H3,(H,15,18)(H,16,17). The van der Waals surface area contributed by atoms with Gasteiger partial charge in [-0.1, -0.05) is 23.8 Å². The van der Waals surface area contributed by atoms with Crippen LogP contribution in [0.2, 0.25) is 0 Å². The van der Waals surface area contributed by atoms with Gasteiger partial charge in [0.05, 0.1) is 5.69 Å². The Morgan fingerprint density at radius 2 is 2.11 bits per heavy atom. The van der Waals surface area contributed by atoms with Crippen molar-refractivity contribution in [3.63, 3.8) is 0 Å². The Balaban J connectivity index is 2.32. The normalized spacial score (nSPS) is 10.4. The summed E-state index contributed by atoms with van der Waals surface area (Å²) < 4.78 is 0. The molecule has 0 radical (unpaired) electrons. The maximum absolute atomic E-state index is 11.6. The van der Waals surface area contributed by atoms with Crippen LogP contribution < -0.4 is 5.32 Å². The second-order valence-electron chi connectivity index (χ2n) is 4.34. The highest BCUT2D eigenvalue weighted by Crippen LogP contribution is 2.22. The number of nitrogens with one attached hydrogen (secondary N) is 2. The molecular formula is C14H17N3O. The number of aromatic nitrogens is 2. The molecule has 0 saturated carbocycles. The van der Waals surface area contributed by atoms with Crippen molar-refractivity contribution in [2.45, 2.75) is 20.8 Å². The largest absolute Gasteiger partial charge is 0.351 e. The van der Waals surface area contributed by atoms with Crippen LogP contribution in [0.5, 0.6) is 0 Å². The van der Waals surface area contributed by atoms with Gasteiger partial charge in [0, 0.05) is 12.1 Å². The zero-order valence-corrected chi connectivity index (χ0v) is 10.9. The SMILES string of the molecule is CCNC(=O)c1cc(-c2ccc(C)cc2C)n[nH]1. The molecule has 4 heteroatoms. The van der Waals surface area contributed by atoms with Gasteiger partial charge < -0.3 is 5.32 Å². The third-order valence-corrected chi connectivity index (χ3v) is 2.82. The number of nitrogens with zero attached hydrogens (tertiary/aromatic N) is 1. The maximum Gasteiger partial charge on any atom is 0.269 e. The highest BCUT2D eigenvalue weighted by Gasteiger charge is 2.11. The molecular weight excluding hydrogens is 226 g/mol. The van der Waals surface area contributed by atoms with E-state index in [1.54, 1.807) is 6.07 Å². The number of carbonyl (C=O) groups excluding carboxylic acids is 1. The van der Waals surface area contributed by atoms with E-state index in [0.29, 0.717) is 12.2 Å². The van der Waals surface area contributed by atoms with E-state index in [1.807, 2.05) is 26.0 Å². The third kappa shape index (κ3) is 2.42. The van der Waals surface area contributed by atoms with Gasteiger partial charge in [-0.3, -0.25) is 9.89 Å². The predicted molar refractivity (Wildman–Crippen MR) is 71.5 cm³/mol.